The monoisotopic (exact) mass is 429 g/mol. The Morgan fingerprint density at radius 3 is 2.84 bits per heavy atom. The number of nitrogens with zero attached hydrogens (tertiary/aromatic N) is 4. The van der Waals surface area contributed by atoms with Gasteiger partial charge in [0.2, 0.25) is 0 Å². The van der Waals surface area contributed by atoms with Crippen LogP contribution in [0.5, 0.6) is 0 Å². The standard InChI is InChI=1S/C25H27N5O2/c1-17-14-22(18(2)30(17)16-21-10-7-13-32-21)25(31)26-20-9-6-8-19(15-20)24-28-27-23-11-4-3-5-12-29(23)24/h6-10,13-15H,3-5,11-12,16H2,1-2H3,(H,26,31). The maximum Gasteiger partial charge on any atom is 0.257 e. The molecule has 0 spiro atoms. The molecule has 0 fully saturated rings. The van der Waals surface area contributed by atoms with E-state index in [0.717, 1.165) is 65.9 Å². The topological polar surface area (TPSA) is 77.9 Å². The van der Waals surface area contributed by atoms with Gasteiger partial charge in [-0.15, -0.1) is 10.2 Å². The van der Waals surface area contributed by atoms with E-state index in [1.54, 1.807) is 6.26 Å². The molecule has 3 aromatic heterocycles. The predicted molar refractivity (Wildman–Crippen MR) is 123 cm³/mol. The van der Waals surface area contributed by atoms with E-state index in [2.05, 4.69) is 24.6 Å². The van der Waals surface area contributed by atoms with Crippen molar-refractivity contribution in [2.45, 2.75) is 52.6 Å². The van der Waals surface area contributed by atoms with Crippen molar-refractivity contribution in [1.29, 1.82) is 0 Å². The first-order valence-electron chi connectivity index (χ1n) is 11.1. The van der Waals surface area contributed by atoms with E-state index < -0.39 is 0 Å². The highest BCUT2D eigenvalue weighted by Gasteiger charge is 2.19. The SMILES string of the molecule is Cc1cc(C(=O)Nc2cccc(-c3nnc4n3CCCCC4)c2)c(C)n1Cc1ccco1. The van der Waals surface area contributed by atoms with Crippen LogP contribution in [-0.4, -0.2) is 25.2 Å². The quantitative estimate of drug-likeness (QED) is 0.485. The average Bonchev–Trinajstić information content (AvgIpc) is 3.47. The fraction of sp³-hybridized carbons (Fsp3) is 0.320. The van der Waals surface area contributed by atoms with Crippen molar-refractivity contribution >= 4 is 11.6 Å². The van der Waals surface area contributed by atoms with Gasteiger partial charge in [0.15, 0.2) is 5.82 Å². The Hall–Kier alpha value is -3.61. The Morgan fingerprint density at radius 2 is 2.00 bits per heavy atom. The lowest BCUT2D eigenvalue weighted by Gasteiger charge is -2.10. The Labute approximate surface area is 187 Å². The van der Waals surface area contributed by atoms with Crippen LogP contribution in [0.1, 0.15) is 52.6 Å². The van der Waals surface area contributed by atoms with Crippen LogP contribution in [0, 0.1) is 13.8 Å². The van der Waals surface area contributed by atoms with Gasteiger partial charge < -0.3 is 18.9 Å². The molecule has 0 bridgehead atoms. The zero-order chi connectivity index (χ0) is 22.1. The first-order valence-corrected chi connectivity index (χ1v) is 11.1. The largest absolute Gasteiger partial charge is 0.467 e. The molecule has 1 amide bonds. The summed E-state index contributed by atoms with van der Waals surface area (Å²) in [7, 11) is 0. The van der Waals surface area contributed by atoms with Gasteiger partial charge in [0, 0.05) is 35.6 Å². The zero-order valence-corrected chi connectivity index (χ0v) is 18.5. The maximum absolute atomic E-state index is 13.1. The summed E-state index contributed by atoms with van der Waals surface area (Å²) < 4.78 is 9.79. The van der Waals surface area contributed by atoms with E-state index in [0.29, 0.717) is 12.1 Å². The van der Waals surface area contributed by atoms with Crippen LogP contribution >= 0.6 is 0 Å². The van der Waals surface area contributed by atoms with Crippen LogP contribution in [-0.2, 0) is 19.5 Å². The molecule has 1 aliphatic heterocycles. The molecule has 164 valence electrons. The molecule has 1 aliphatic rings. The maximum atomic E-state index is 13.1. The van der Waals surface area contributed by atoms with Gasteiger partial charge in [0.25, 0.3) is 5.91 Å². The zero-order valence-electron chi connectivity index (χ0n) is 18.5. The van der Waals surface area contributed by atoms with Crippen molar-refractivity contribution in [2.75, 3.05) is 5.32 Å². The Bertz CT molecular complexity index is 1250. The minimum absolute atomic E-state index is 0.124. The second-order valence-corrected chi connectivity index (χ2v) is 8.39. The van der Waals surface area contributed by atoms with E-state index >= 15 is 0 Å². The molecule has 0 radical (unpaired) electrons. The van der Waals surface area contributed by atoms with E-state index in [-0.39, 0.29) is 5.91 Å². The predicted octanol–water partition coefficient (Wildman–Crippen LogP) is 4.98. The Kier molecular flexibility index (Phi) is 5.39. The molecular formula is C25H27N5O2. The minimum atomic E-state index is -0.124. The number of furan rings is 1. The molecule has 5 rings (SSSR count). The van der Waals surface area contributed by atoms with Crippen LogP contribution < -0.4 is 5.32 Å². The number of carbonyl (C=O) groups excluding carboxylic acids is 1. The normalized spacial score (nSPS) is 13.6. The van der Waals surface area contributed by atoms with Crippen LogP contribution in [0.4, 0.5) is 5.69 Å². The summed E-state index contributed by atoms with van der Waals surface area (Å²) in [6.45, 7) is 5.51. The molecule has 32 heavy (non-hydrogen) atoms. The lowest BCUT2D eigenvalue weighted by Crippen LogP contribution is -2.13. The summed E-state index contributed by atoms with van der Waals surface area (Å²) in [5, 5.41) is 11.9. The van der Waals surface area contributed by atoms with Gasteiger partial charge in [-0.1, -0.05) is 18.6 Å². The van der Waals surface area contributed by atoms with E-state index in [1.165, 1.54) is 6.42 Å². The molecule has 0 saturated heterocycles. The number of fused-ring (bicyclic) bond motifs is 1. The molecule has 0 unspecified atom stereocenters. The summed E-state index contributed by atoms with van der Waals surface area (Å²) >= 11 is 0. The van der Waals surface area contributed by atoms with Crippen molar-refractivity contribution in [1.82, 2.24) is 19.3 Å². The van der Waals surface area contributed by atoms with Gasteiger partial charge >= 0.3 is 0 Å². The van der Waals surface area contributed by atoms with Crippen molar-refractivity contribution < 1.29 is 9.21 Å². The molecule has 0 atom stereocenters. The first-order chi connectivity index (χ1) is 15.6. The highest BCUT2D eigenvalue weighted by molar-refractivity contribution is 6.05. The summed E-state index contributed by atoms with van der Waals surface area (Å²) in [4.78, 5) is 13.1. The number of hydrogen-bond donors (Lipinski definition) is 1. The minimum Gasteiger partial charge on any atom is -0.467 e. The van der Waals surface area contributed by atoms with Crippen LogP contribution in [0.25, 0.3) is 11.4 Å². The number of benzene rings is 1. The number of aryl methyl sites for hydroxylation is 2. The van der Waals surface area contributed by atoms with Crippen LogP contribution in [0.3, 0.4) is 0 Å². The van der Waals surface area contributed by atoms with Gasteiger partial charge in [-0.3, -0.25) is 4.79 Å². The Morgan fingerprint density at radius 1 is 1.09 bits per heavy atom. The lowest BCUT2D eigenvalue weighted by molar-refractivity contribution is 0.102. The lowest BCUT2D eigenvalue weighted by atomic mass is 10.1. The Balaban J connectivity index is 1.38. The highest BCUT2D eigenvalue weighted by Crippen LogP contribution is 2.26. The number of amides is 1. The summed E-state index contributed by atoms with van der Waals surface area (Å²) in [6, 6.07) is 13.6. The molecule has 0 saturated carbocycles. The molecule has 4 heterocycles. The van der Waals surface area contributed by atoms with E-state index in [1.807, 2.05) is 56.3 Å². The van der Waals surface area contributed by atoms with Crippen molar-refractivity contribution in [3.05, 3.63) is 77.3 Å². The molecule has 1 aromatic carbocycles. The number of carbonyl (C=O) groups is 1. The summed E-state index contributed by atoms with van der Waals surface area (Å²) in [6.07, 6.45) is 6.15. The molecule has 1 N–H and O–H groups in total. The molecule has 7 heteroatoms. The number of aromatic nitrogens is 4. The van der Waals surface area contributed by atoms with Gasteiger partial charge in [0.05, 0.1) is 18.4 Å². The number of rotatable bonds is 5. The van der Waals surface area contributed by atoms with Crippen molar-refractivity contribution in [2.24, 2.45) is 0 Å². The van der Waals surface area contributed by atoms with Crippen LogP contribution in [0.15, 0.2) is 53.1 Å². The second-order valence-electron chi connectivity index (χ2n) is 8.39. The van der Waals surface area contributed by atoms with Gasteiger partial charge in [-0.2, -0.15) is 0 Å². The second kappa shape index (κ2) is 8.49. The van der Waals surface area contributed by atoms with Gasteiger partial charge in [-0.05, 0) is 57.0 Å². The molecule has 0 aliphatic carbocycles. The molecular weight excluding hydrogens is 402 g/mol. The average molecular weight is 430 g/mol. The third-order valence-electron chi connectivity index (χ3n) is 6.20. The smallest absolute Gasteiger partial charge is 0.257 e. The number of nitrogens with one attached hydrogen (secondary N) is 1. The molecule has 4 aromatic rings. The third kappa shape index (κ3) is 3.86. The number of hydrogen-bond acceptors (Lipinski definition) is 4. The van der Waals surface area contributed by atoms with Gasteiger partial charge in [0.1, 0.15) is 11.6 Å². The first kappa shape index (κ1) is 20.3. The van der Waals surface area contributed by atoms with Gasteiger partial charge in [-0.25, -0.2) is 0 Å². The fourth-order valence-electron chi connectivity index (χ4n) is 4.47. The van der Waals surface area contributed by atoms with Crippen molar-refractivity contribution in [3.63, 3.8) is 0 Å². The third-order valence-corrected chi connectivity index (χ3v) is 6.20. The summed E-state index contributed by atoms with van der Waals surface area (Å²) in [5.41, 5.74) is 4.30. The fourth-order valence-corrected chi connectivity index (χ4v) is 4.47. The number of anilines is 1. The highest BCUT2D eigenvalue weighted by atomic mass is 16.3. The van der Waals surface area contributed by atoms with E-state index in [9.17, 15) is 4.79 Å². The van der Waals surface area contributed by atoms with Crippen molar-refractivity contribution in [3.8, 4) is 11.4 Å². The summed E-state index contributed by atoms with van der Waals surface area (Å²) in [5.74, 6) is 2.66. The van der Waals surface area contributed by atoms with Crippen LogP contribution in [0.2, 0.25) is 0 Å². The molecule has 7 nitrogen and oxygen atoms in total. The van der Waals surface area contributed by atoms with E-state index in [4.69, 9.17) is 4.42 Å².